The summed E-state index contributed by atoms with van der Waals surface area (Å²) < 4.78 is 6.07. The molecule has 2 aromatic heterocycles. The first-order valence-corrected chi connectivity index (χ1v) is 6.20. The Balaban J connectivity index is 1.99. The molecule has 0 saturated heterocycles. The maximum Gasteiger partial charge on any atom is 0.141 e. The van der Waals surface area contributed by atoms with Gasteiger partial charge in [0.1, 0.15) is 11.4 Å². The van der Waals surface area contributed by atoms with E-state index < -0.39 is 0 Å². The number of nitrogens with two attached hydrogens (primary N) is 1. The highest BCUT2D eigenvalue weighted by atomic mass is 16.5. The summed E-state index contributed by atoms with van der Waals surface area (Å²) >= 11 is 0. The van der Waals surface area contributed by atoms with Crippen molar-refractivity contribution in [1.29, 1.82) is 0 Å². The zero-order valence-corrected chi connectivity index (χ0v) is 9.78. The smallest absolute Gasteiger partial charge is 0.141 e. The molecule has 0 amide bonds. The predicted molar refractivity (Wildman–Crippen MR) is 66.9 cm³/mol. The monoisotopic (exact) mass is 231 g/mol. The number of fused-ring (bicyclic) bond motifs is 1. The van der Waals surface area contributed by atoms with Crippen LogP contribution in [0.25, 0.3) is 11.0 Å². The standard InChI is InChI=1S/C13H17N3O/c14-7-9-8-16-13-12(9)11(5-6-15-13)17-10-3-1-2-4-10/h5-6,8,10H,1-4,7,14H2,(H,15,16). The topological polar surface area (TPSA) is 63.9 Å². The first-order valence-electron chi connectivity index (χ1n) is 6.20. The number of hydrogen-bond acceptors (Lipinski definition) is 3. The normalized spacial score (nSPS) is 16.8. The lowest BCUT2D eigenvalue weighted by Crippen LogP contribution is -2.11. The summed E-state index contributed by atoms with van der Waals surface area (Å²) in [7, 11) is 0. The molecule has 2 heterocycles. The minimum absolute atomic E-state index is 0.362. The zero-order chi connectivity index (χ0) is 11.7. The van der Waals surface area contributed by atoms with Gasteiger partial charge in [-0.05, 0) is 37.3 Å². The van der Waals surface area contributed by atoms with Gasteiger partial charge in [-0.3, -0.25) is 0 Å². The number of nitrogens with one attached hydrogen (secondary N) is 1. The number of hydrogen-bond donors (Lipinski definition) is 2. The largest absolute Gasteiger partial charge is 0.490 e. The van der Waals surface area contributed by atoms with Crippen LogP contribution in [0.4, 0.5) is 0 Å². The van der Waals surface area contributed by atoms with Crippen molar-refractivity contribution in [3.8, 4) is 5.75 Å². The van der Waals surface area contributed by atoms with E-state index in [-0.39, 0.29) is 0 Å². The molecule has 1 fully saturated rings. The summed E-state index contributed by atoms with van der Waals surface area (Å²) in [6.07, 6.45) is 8.92. The lowest BCUT2D eigenvalue weighted by Gasteiger charge is -2.14. The average Bonchev–Trinajstić information content (AvgIpc) is 2.97. The van der Waals surface area contributed by atoms with E-state index in [1.165, 1.54) is 12.8 Å². The Labute approximate surface area is 100 Å². The number of rotatable bonds is 3. The minimum Gasteiger partial charge on any atom is -0.490 e. The van der Waals surface area contributed by atoms with Crippen LogP contribution in [-0.4, -0.2) is 16.1 Å². The van der Waals surface area contributed by atoms with Crippen LogP contribution in [0, 0.1) is 0 Å². The highest BCUT2D eigenvalue weighted by Crippen LogP contribution is 2.31. The van der Waals surface area contributed by atoms with Gasteiger partial charge in [-0.2, -0.15) is 0 Å². The van der Waals surface area contributed by atoms with Gasteiger partial charge in [0.2, 0.25) is 0 Å². The molecule has 1 saturated carbocycles. The Kier molecular flexibility index (Phi) is 2.73. The second-order valence-corrected chi connectivity index (χ2v) is 4.58. The Hall–Kier alpha value is -1.55. The molecular weight excluding hydrogens is 214 g/mol. The van der Waals surface area contributed by atoms with Crippen LogP contribution in [-0.2, 0) is 6.54 Å². The van der Waals surface area contributed by atoms with E-state index >= 15 is 0 Å². The third-order valence-electron chi connectivity index (χ3n) is 3.43. The zero-order valence-electron chi connectivity index (χ0n) is 9.78. The number of aromatic amines is 1. The third-order valence-corrected chi connectivity index (χ3v) is 3.43. The Morgan fingerprint density at radius 3 is 3.00 bits per heavy atom. The fourth-order valence-corrected chi connectivity index (χ4v) is 2.54. The fourth-order valence-electron chi connectivity index (χ4n) is 2.54. The van der Waals surface area contributed by atoms with Gasteiger partial charge in [0.25, 0.3) is 0 Å². The summed E-state index contributed by atoms with van der Waals surface area (Å²) in [5.41, 5.74) is 7.67. The molecule has 0 aromatic carbocycles. The molecule has 3 rings (SSSR count). The molecule has 0 atom stereocenters. The van der Waals surface area contributed by atoms with Crippen LogP contribution >= 0.6 is 0 Å². The lowest BCUT2D eigenvalue weighted by atomic mass is 10.2. The van der Waals surface area contributed by atoms with Crippen molar-refractivity contribution in [3.05, 3.63) is 24.0 Å². The van der Waals surface area contributed by atoms with E-state index in [1.54, 1.807) is 6.20 Å². The average molecular weight is 231 g/mol. The minimum atomic E-state index is 0.362. The molecule has 90 valence electrons. The van der Waals surface area contributed by atoms with Gasteiger partial charge in [-0.25, -0.2) is 4.98 Å². The number of pyridine rings is 1. The van der Waals surface area contributed by atoms with Crippen molar-refractivity contribution >= 4 is 11.0 Å². The predicted octanol–water partition coefficient (Wildman–Crippen LogP) is 2.34. The molecule has 3 N–H and O–H groups in total. The van der Waals surface area contributed by atoms with Crippen LogP contribution in [0.5, 0.6) is 5.75 Å². The Morgan fingerprint density at radius 1 is 1.41 bits per heavy atom. The molecule has 1 aliphatic carbocycles. The van der Waals surface area contributed by atoms with Crippen molar-refractivity contribution in [3.63, 3.8) is 0 Å². The van der Waals surface area contributed by atoms with Crippen LogP contribution in [0.15, 0.2) is 18.5 Å². The second kappa shape index (κ2) is 4.37. The molecule has 0 spiro atoms. The van der Waals surface area contributed by atoms with Crippen molar-refractivity contribution in [1.82, 2.24) is 9.97 Å². The quantitative estimate of drug-likeness (QED) is 0.852. The van der Waals surface area contributed by atoms with E-state index in [0.717, 1.165) is 35.2 Å². The van der Waals surface area contributed by atoms with Crippen LogP contribution in [0.2, 0.25) is 0 Å². The molecule has 17 heavy (non-hydrogen) atoms. The molecule has 0 bridgehead atoms. The molecular formula is C13H17N3O. The molecule has 1 aliphatic rings. The maximum atomic E-state index is 6.07. The van der Waals surface area contributed by atoms with Crippen molar-refractivity contribution < 1.29 is 4.74 Å². The van der Waals surface area contributed by atoms with Gasteiger partial charge in [-0.1, -0.05) is 0 Å². The van der Waals surface area contributed by atoms with Crippen molar-refractivity contribution in [2.45, 2.75) is 38.3 Å². The molecule has 0 aliphatic heterocycles. The van der Waals surface area contributed by atoms with E-state index in [1.807, 2.05) is 12.3 Å². The number of H-pyrrole nitrogens is 1. The Bertz CT molecular complexity index is 514. The Morgan fingerprint density at radius 2 is 2.24 bits per heavy atom. The van der Waals surface area contributed by atoms with E-state index in [9.17, 15) is 0 Å². The van der Waals surface area contributed by atoms with Crippen molar-refractivity contribution in [2.75, 3.05) is 0 Å². The first kappa shape index (κ1) is 10.6. The number of aromatic nitrogens is 2. The van der Waals surface area contributed by atoms with E-state index in [0.29, 0.717) is 12.6 Å². The van der Waals surface area contributed by atoms with Gasteiger partial charge in [0.15, 0.2) is 0 Å². The molecule has 0 unspecified atom stereocenters. The van der Waals surface area contributed by atoms with Gasteiger partial charge in [0, 0.05) is 18.9 Å². The van der Waals surface area contributed by atoms with Crippen LogP contribution in [0.1, 0.15) is 31.2 Å². The SMILES string of the molecule is NCc1c[nH]c2nccc(OC3CCCC3)c12. The van der Waals surface area contributed by atoms with Gasteiger partial charge in [0.05, 0.1) is 11.5 Å². The number of ether oxygens (including phenoxy) is 1. The van der Waals surface area contributed by atoms with Crippen LogP contribution < -0.4 is 10.5 Å². The number of nitrogens with zero attached hydrogens (tertiary/aromatic N) is 1. The van der Waals surface area contributed by atoms with Gasteiger partial charge >= 0.3 is 0 Å². The first-order chi connectivity index (χ1) is 8.38. The fraction of sp³-hybridized carbons (Fsp3) is 0.462. The summed E-state index contributed by atoms with van der Waals surface area (Å²) in [6.45, 7) is 0.507. The molecule has 0 radical (unpaired) electrons. The van der Waals surface area contributed by atoms with Crippen molar-refractivity contribution in [2.24, 2.45) is 5.73 Å². The molecule has 4 nitrogen and oxygen atoms in total. The van der Waals surface area contributed by atoms with Crippen LogP contribution in [0.3, 0.4) is 0 Å². The highest BCUT2D eigenvalue weighted by Gasteiger charge is 2.18. The van der Waals surface area contributed by atoms with E-state index in [4.69, 9.17) is 10.5 Å². The van der Waals surface area contributed by atoms with E-state index in [2.05, 4.69) is 9.97 Å². The highest BCUT2D eigenvalue weighted by molar-refractivity contribution is 5.86. The second-order valence-electron chi connectivity index (χ2n) is 4.58. The lowest BCUT2D eigenvalue weighted by molar-refractivity contribution is 0.212. The summed E-state index contributed by atoms with van der Waals surface area (Å²) in [5, 5.41) is 1.04. The summed E-state index contributed by atoms with van der Waals surface area (Å²) in [4.78, 5) is 7.43. The summed E-state index contributed by atoms with van der Waals surface area (Å²) in [5.74, 6) is 0.920. The maximum absolute atomic E-state index is 6.07. The molecule has 2 aromatic rings. The summed E-state index contributed by atoms with van der Waals surface area (Å²) in [6, 6.07) is 1.94. The third kappa shape index (κ3) is 1.89. The van der Waals surface area contributed by atoms with Gasteiger partial charge in [-0.15, -0.1) is 0 Å². The van der Waals surface area contributed by atoms with Gasteiger partial charge < -0.3 is 15.5 Å². The molecule has 4 heteroatoms.